The van der Waals surface area contributed by atoms with Gasteiger partial charge in [-0.3, -0.25) is 9.10 Å². The lowest BCUT2D eigenvalue weighted by Gasteiger charge is -2.25. The zero-order chi connectivity index (χ0) is 23.6. The third-order valence-corrected chi connectivity index (χ3v) is 7.04. The fourth-order valence-corrected chi connectivity index (χ4v) is 4.73. The van der Waals surface area contributed by atoms with Crippen molar-refractivity contribution in [2.45, 2.75) is 51.3 Å². The number of ether oxygens (including phenoxy) is 1. The summed E-state index contributed by atoms with van der Waals surface area (Å²) in [6, 6.07) is 11.1. The number of rotatable bonds is 13. The molecule has 1 N–H and O–H groups in total. The first-order chi connectivity index (χ1) is 15.3. The molecule has 8 heteroatoms. The Bertz CT molecular complexity index is 947. The molecule has 0 fully saturated rings. The fraction of sp³-hybridized carbons (Fsp3) is 0.458. The van der Waals surface area contributed by atoms with E-state index in [1.807, 2.05) is 6.92 Å². The zero-order valence-corrected chi connectivity index (χ0v) is 19.8. The normalized spacial score (nSPS) is 12.2. The first-order valence-corrected chi connectivity index (χ1v) is 12.5. The molecule has 2 aromatic rings. The highest BCUT2D eigenvalue weighted by Crippen LogP contribution is 2.25. The van der Waals surface area contributed by atoms with Crippen molar-refractivity contribution >= 4 is 21.6 Å². The van der Waals surface area contributed by atoms with Gasteiger partial charge >= 0.3 is 0 Å². The number of hydrogen-bond donors (Lipinski definition) is 1. The summed E-state index contributed by atoms with van der Waals surface area (Å²) in [5, 5.41) is 2.86. The molecule has 176 valence electrons. The maximum atomic E-state index is 13.4. The van der Waals surface area contributed by atoms with Crippen LogP contribution in [0, 0.1) is 11.7 Å². The topological polar surface area (TPSA) is 75.7 Å². The number of carbonyl (C=O) groups is 1. The van der Waals surface area contributed by atoms with E-state index < -0.39 is 28.3 Å². The molecule has 1 amide bonds. The van der Waals surface area contributed by atoms with E-state index in [1.54, 1.807) is 12.1 Å². The smallest absolute Gasteiger partial charge is 0.264 e. The van der Waals surface area contributed by atoms with Gasteiger partial charge in [-0.1, -0.05) is 33.1 Å². The van der Waals surface area contributed by atoms with E-state index in [1.165, 1.54) is 36.4 Å². The van der Waals surface area contributed by atoms with Gasteiger partial charge in [0.05, 0.1) is 17.2 Å². The molecule has 0 unspecified atom stereocenters. The average molecular weight is 465 g/mol. The Labute approximate surface area is 190 Å². The molecule has 0 aliphatic heterocycles. The van der Waals surface area contributed by atoms with Crippen LogP contribution in [-0.4, -0.2) is 34.0 Å². The summed E-state index contributed by atoms with van der Waals surface area (Å²) in [6.07, 6.45) is 4.12. The lowest BCUT2D eigenvalue weighted by atomic mass is 9.99. The number of halogens is 1. The lowest BCUT2D eigenvalue weighted by molar-refractivity contribution is -0.119. The van der Waals surface area contributed by atoms with Crippen molar-refractivity contribution in [3.63, 3.8) is 0 Å². The summed E-state index contributed by atoms with van der Waals surface area (Å²) < 4.78 is 46.6. The van der Waals surface area contributed by atoms with Gasteiger partial charge < -0.3 is 10.1 Å². The molecule has 0 aliphatic rings. The molecule has 0 radical (unpaired) electrons. The highest BCUT2D eigenvalue weighted by molar-refractivity contribution is 7.92. The minimum absolute atomic E-state index is 0.0208. The predicted molar refractivity (Wildman–Crippen MR) is 125 cm³/mol. The first-order valence-electron chi connectivity index (χ1n) is 11.1. The molecule has 0 saturated heterocycles. The van der Waals surface area contributed by atoms with E-state index in [9.17, 15) is 17.6 Å². The van der Waals surface area contributed by atoms with Gasteiger partial charge in [0.25, 0.3) is 10.0 Å². The van der Waals surface area contributed by atoms with Crippen LogP contribution in [0.15, 0.2) is 53.4 Å². The van der Waals surface area contributed by atoms with E-state index in [0.29, 0.717) is 24.8 Å². The van der Waals surface area contributed by atoms with Crippen LogP contribution in [0.5, 0.6) is 5.75 Å². The number of benzene rings is 2. The molecule has 0 heterocycles. The number of unbranched alkanes of at least 4 members (excludes halogenated alkanes) is 1. The Kier molecular flexibility index (Phi) is 9.97. The molecule has 0 saturated carbocycles. The van der Waals surface area contributed by atoms with E-state index in [-0.39, 0.29) is 10.6 Å². The van der Waals surface area contributed by atoms with E-state index in [0.717, 1.165) is 30.0 Å². The van der Waals surface area contributed by atoms with Gasteiger partial charge in [-0.05, 0) is 67.8 Å². The number of amides is 1. The number of anilines is 1. The SMILES string of the molecule is CCCC[C@H](CC)CNC(=O)CN(c1ccc(F)cc1)S(=O)(=O)c1ccc(OCC)cc1. The highest BCUT2D eigenvalue weighted by atomic mass is 32.2. The number of carbonyl (C=O) groups excluding carboxylic acids is 1. The van der Waals surface area contributed by atoms with Crippen LogP contribution in [0.1, 0.15) is 46.5 Å². The van der Waals surface area contributed by atoms with Gasteiger partial charge in [0.1, 0.15) is 18.1 Å². The van der Waals surface area contributed by atoms with Crippen LogP contribution in [0.3, 0.4) is 0 Å². The van der Waals surface area contributed by atoms with Crippen LogP contribution >= 0.6 is 0 Å². The third-order valence-electron chi connectivity index (χ3n) is 5.26. The van der Waals surface area contributed by atoms with Crippen molar-refractivity contribution in [3.8, 4) is 5.75 Å². The molecule has 6 nitrogen and oxygen atoms in total. The maximum absolute atomic E-state index is 13.4. The largest absolute Gasteiger partial charge is 0.494 e. The van der Waals surface area contributed by atoms with Crippen LogP contribution in [0.25, 0.3) is 0 Å². The fourth-order valence-electron chi connectivity index (χ4n) is 3.31. The van der Waals surface area contributed by atoms with Crippen molar-refractivity contribution in [1.29, 1.82) is 0 Å². The molecular weight excluding hydrogens is 431 g/mol. The van der Waals surface area contributed by atoms with Gasteiger partial charge in [-0.2, -0.15) is 0 Å². The van der Waals surface area contributed by atoms with Crippen LogP contribution in [-0.2, 0) is 14.8 Å². The lowest BCUT2D eigenvalue weighted by Crippen LogP contribution is -2.42. The van der Waals surface area contributed by atoms with E-state index >= 15 is 0 Å². The van der Waals surface area contributed by atoms with E-state index in [4.69, 9.17) is 4.74 Å². The van der Waals surface area contributed by atoms with Gasteiger partial charge in [0, 0.05) is 6.54 Å². The molecule has 0 spiro atoms. The maximum Gasteiger partial charge on any atom is 0.264 e. The standard InChI is InChI=1S/C24H33FN2O4S/c1-4-7-8-19(5-2)17-26-24(28)18-27(21-11-9-20(25)10-12-21)32(29,30)23-15-13-22(14-16-23)31-6-3/h9-16,19H,4-8,17-18H2,1-3H3,(H,26,28)/t19-/m0/s1. The second kappa shape index (κ2) is 12.4. The number of sulfonamides is 1. The molecule has 2 aromatic carbocycles. The molecule has 0 bridgehead atoms. The van der Waals surface area contributed by atoms with E-state index in [2.05, 4.69) is 19.2 Å². The number of hydrogen-bond acceptors (Lipinski definition) is 4. The predicted octanol–water partition coefficient (Wildman–Crippen LogP) is 4.75. The van der Waals surface area contributed by atoms with Crippen molar-refractivity contribution in [2.24, 2.45) is 5.92 Å². The Morgan fingerprint density at radius 1 is 1.06 bits per heavy atom. The first kappa shape index (κ1) is 25.6. The van der Waals surface area contributed by atoms with Crippen molar-refractivity contribution in [3.05, 3.63) is 54.3 Å². The Balaban J connectivity index is 2.24. The van der Waals surface area contributed by atoms with Crippen molar-refractivity contribution in [2.75, 3.05) is 24.0 Å². The Morgan fingerprint density at radius 2 is 1.72 bits per heavy atom. The van der Waals surface area contributed by atoms with Gasteiger partial charge in [0.2, 0.25) is 5.91 Å². The molecule has 1 atom stereocenters. The monoisotopic (exact) mass is 464 g/mol. The zero-order valence-electron chi connectivity index (χ0n) is 19.0. The molecule has 0 aromatic heterocycles. The summed E-state index contributed by atoms with van der Waals surface area (Å²) in [5.74, 6) is 0.00761. The summed E-state index contributed by atoms with van der Waals surface area (Å²) in [6.45, 7) is 6.60. The van der Waals surface area contributed by atoms with Gasteiger partial charge in [-0.15, -0.1) is 0 Å². The third kappa shape index (κ3) is 7.22. The average Bonchev–Trinajstić information content (AvgIpc) is 2.79. The molecular formula is C24H33FN2O4S. The summed E-state index contributed by atoms with van der Waals surface area (Å²) in [4.78, 5) is 12.7. The number of nitrogens with zero attached hydrogens (tertiary/aromatic N) is 1. The summed E-state index contributed by atoms with van der Waals surface area (Å²) in [7, 11) is -4.06. The Hall–Kier alpha value is -2.61. The van der Waals surface area contributed by atoms with Crippen LogP contribution in [0.2, 0.25) is 0 Å². The molecule has 32 heavy (non-hydrogen) atoms. The van der Waals surface area contributed by atoms with Crippen LogP contribution in [0.4, 0.5) is 10.1 Å². The highest BCUT2D eigenvalue weighted by Gasteiger charge is 2.27. The summed E-state index contributed by atoms with van der Waals surface area (Å²) >= 11 is 0. The molecule has 0 aliphatic carbocycles. The van der Waals surface area contributed by atoms with Crippen molar-refractivity contribution in [1.82, 2.24) is 5.32 Å². The van der Waals surface area contributed by atoms with Gasteiger partial charge in [-0.25, -0.2) is 12.8 Å². The molecule has 2 rings (SSSR count). The quantitative estimate of drug-likeness (QED) is 0.464. The Morgan fingerprint density at radius 3 is 2.28 bits per heavy atom. The summed E-state index contributed by atoms with van der Waals surface area (Å²) in [5.41, 5.74) is 0.216. The van der Waals surface area contributed by atoms with Crippen molar-refractivity contribution < 1.29 is 22.3 Å². The minimum Gasteiger partial charge on any atom is -0.494 e. The van der Waals surface area contributed by atoms with Gasteiger partial charge in [0.15, 0.2) is 0 Å². The second-order valence-electron chi connectivity index (χ2n) is 7.61. The second-order valence-corrected chi connectivity index (χ2v) is 9.48. The number of nitrogens with one attached hydrogen (secondary N) is 1. The minimum atomic E-state index is -4.06. The van der Waals surface area contributed by atoms with Crippen LogP contribution < -0.4 is 14.4 Å².